The fourth-order valence-corrected chi connectivity index (χ4v) is 27.2. The first-order valence-electron chi connectivity index (χ1n) is 10.3. The van der Waals surface area contributed by atoms with Gasteiger partial charge < -0.3 is 13.9 Å². The first-order valence-corrected chi connectivity index (χ1v) is 31.0. The van der Waals surface area contributed by atoms with Crippen molar-refractivity contribution < 1.29 is 38.6 Å². The number of nitrogens with zero attached hydrogens (tertiary/aromatic N) is 3. The normalized spacial score (nSPS) is 13.5. The Hall–Kier alpha value is 2.47. The molecule has 0 heterocycles. The molecule has 10 heteroatoms. The topological polar surface area (TPSA) is 42.3 Å². The fraction of sp³-hybridized carbons (Fsp3) is 1.00. The summed E-state index contributed by atoms with van der Waals surface area (Å²) in [5.41, 5.74) is 0. The molecule has 0 fully saturated rings. The van der Waals surface area contributed by atoms with Gasteiger partial charge in [0.05, 0.1) is 0 Å². The van der Waals surface area contributed by atoms with Gasteiger partial charge >= 0.3 is 38.6 Å². The average molecular weight is 640 g/mol. The van der Waals surface area contributed by atoms with Crippen LogP contribution in [-0.2, 0) is 0 Å². The molecule has 0 aliphatic rings. The standard InChI is InChI=1S/3C6H18NSi2.Tb/c3*1-8(2,3)7-9(4,5)6;/h3*1-6H3;/q3*-1;+3. The summed E-state index contributed by atoms with van der Waals surface area (Å²) in [5.74, 6) is 0. The van der Waals surface area contributed by atoms with Crippen LogP contribution in [0.25, 0.3) is 13.9 Å². The van der Waals surface area contributed by atoms with Crippen LogP contribution in [0.5, 0.6) is 0 Å². The van der Waals surface area contributed by atoms with Crippen LogP contribution in [0, 0.1) is 38.6 Å². The summed E-state index contributed by atoms with van der Waals surface area (Å²) in [6.45, 7) is 41.3. The first kappa shape index (κ1) is 37.8. The smallest absolute Gasteiger partial charge is 0.668 e. The van der Waals surface area contributed by atoms with Crippen molar-refractivity contribution in [2.24, 2.45) is 0 Å². The zero-order valence-electron chi connectivity index (χ0n) is 22.7. The van der Waals surface area contributed by atoms with Gasteiger partial charge in [0, 0.05) is 0 Å². The van der Waals surface area contributed by atoms with E-state index in [1.807, 2.05) is 0 Å². The molecule has 28 heavy (non-hydrogen) atoms. The van der Waals surface area contributed by atoms with Crippen molar-refractivity contribution in [1.82, 2.24) is 0 Å². The van der Waals surface area contributed by atoms with E-state index in [0.717, 1.165) is 0 Å². The second-order valence-corrected chi connectivity index (χ2v) is 42.1. The van der Waals surface area contributed by atoms with Gasteiger partial charge in [0.2, 0.25) is 0 Å². The first-order chi connectivity index (χ1) is 11.1. The summed E-state index contributed by atoms with van der Waals surface area (Å²) >= 11 is 0. The summed E-state index contributed by atoms with van der Waals surface area (Å²) in [7, 11) is -6.64. The van der Waals surface area contributed by atoms with E-state index in [0.29, 0.717) is 0 Å². The van der Waals surface area contributed by atoms with E-state index in [1.54, 1.807) is 0 Å². The van der Waals surface area contributed by atoms with Gasteiger partial charge in [-0.3, -0.25) is 0 Å². The molecule has 0 aromatic carbocycles. The molecule has 0 saturated heterocycles. The van der Waals surface area contributed by atoms with Crippen LogP contribution >= 0.6 is 0 Å². The van der Waals surface area contributed by atoms with Crippen LogP contribution in [0.4, 0.5) is 0 Å². The summed E-state index contributed by atoms with van der Waals surface area (Å²) in [5, 5.41) is 0. The molecule has 3 nitrogen and oxygen atoms in total. The van der Waals surface area contributed by atoms with Gasteiger partial charge in [-0.2, -0.15) is 0 Å². The van der Waals surface area contributed by atoms with E-state index in [-0.39, 0.29) is 38.6 Å². The fourth-order valence-electron chi connectivity index (χ4n) is 3.02. The third kappa shape index (κ3) is 51.3. The molecule has 0 rings (SSSR count). The Bertz CT molecular complexity index is 297. The van der Waals surface area contributed by atoms with Crippen LogP contribution < -0.4 is 0 Å². The average Bonchev–Trinajstić information content (AvgIpc) is 1.96. The van der Waals surface area contributed by atoms with Crippen LogP contribution in [-0.4, -0.2) is 49.4 Å². The number of hydrogen-bond donors (Lipinski definition) is 0. The van der Waals surface area contributed by atoms with Crippen molar-refractivity contribution in [2.75, 3.05) is 0 Å². The van der Waals surface area contributed by atoms with Gasteiger partial charge in [0.25, 0.3) is 0 Å². The van der Waals surface area contributed by atoms with E-state index in [4.69, 9.17) is 13.9 Å². The number of rotatable bonds is 6. The minimum absolute atomic E-state index is 0. The van der Waals surface area contributed by atoms with Gasteiger partial charge in [-0.25, -0.2) is 0 Å². The van der Waals surface area contributed by atoms with E-state index in [2.05, 4.69) is 118 Å². The molecule has 0 aliphatic heterocycles. The number of hydrogen-bond acceptors (Lipinski definition) is 0. The zero-order valence-corrected chi connectivity index (χ0v) is 30.8. The molecule has 0 atom stereocenters. The summed E-state index contributed by atoms with van der Waals surface area (Å²) in [6.07, 6.45) is 0. The third-order valence-corrected chi connectivity index (χ3v) is 18.1. The molecule has 0 aromatic rings. The molecule has 0 N–H and O–H groups in total. The predicted octanol–water partition coefficient (Wildman–Crippen LogP) is 9.09. The van der Waals surface area contributed by atoms with Crippen LogP contribution in [0.1, 0.15) is 0 Å². The van der Waals surface area contributed by atoms with Gasteiger partial charge in [-0.1, -0.05) is 167 Å². The molecule has 0 radical (unpaired) electrons. The quantitative estimate of drug-likeness (QED) is 0.260. The Morgan fingerprint density at radius 1 is 0.250 bits per heavy atom. The molecule has 0 bridgehead atoms. The maximum absolute atomic E-state index is 4.82. The van der Waals surface area contributed by atoms with E-state index in [1.165, 1.54) is 0 Å². The van der Waals surface area contributed by atoms with Crippen LogP contribution in [0.15, 0.2) is 0 Å². The molecular weight excluding hydrogens is 586 g/mol. The molecule has 174 valence electrons. The maximum atomic E-state index is 4.82. The third-order valence-electron chi connectivity index (χ3n) is 2.01. The van der Waals surface area contributed by atoms with Crippen LogP contribution in [0.2, 0.25) is 118 Å². The molecule has 0 unspecified atom stereocenters. The SMILES string of the molecule is C[Si](C)(C)[N-][Si](C)(C)C.C[Si](C)(C)[N-][Si](C)(C)C.C[Si](C)(C)[N-][Si](C)(C)C.[Tb+3]. The maximum Gasteiger partial charge on any atom is 3.00 e. The summed E-state index contributed by atoms with van der Waals surface area (Å²) in [4.78, 5) is 0. The van der Waals surface area contributed by atoms with E-state index in [9.17, 15) is 0 Å². The van der Waals surface area contributed by atoms with Gasteiger partial charge in [0.1, 0.15) is 0 Å². The van der Waals surface area contributed by atoms with Crippen molar-refractivity contribution in [2.45, 2.75) is 118 Å². The molecule has 0 aromatic heterocycles. The predicted molar refractivity (Wildman–Crippen MR) is 150 cm³/mol. The van der Waals surface area contributed by atoms with Gasteiger partial charge in [0.15, 0.2) is 0 Å². The van der Waals surface area contributed by atoms with Crippen molar-refractivity contribution in [3.8, 4) is 0 Å². The monoisotopic (exact) mass is 639 g/mol. The summed E-state index contributed by atoms with van der Waals surface area (Å²) < 4.78 is 14.5. The minimum atomic E-state index is -1.11. The zero-order chi connectivity index (χ0) is 23.1. The van der Waals surface area contributed by atoms with E-state index < -0.39 is 49.4 Å². The Labute approximate surface area is 217 Å². The molecule has 0 spiro atoms. The van der Waals surface area contributed by atoms with Crippen molar-refractivity contribution in [3.63, 3.8) is 0 Å². The van der Waals surface area contributed by atoms with Crippen molar-refractivity contribution in [1.29, 1.82) is 0 Å². The molecule has 0 aliphatic carbocycles. The molecule has 0 saturated carbocycles. The summed E-state index contributed by atoms with van der Waals surface area (Å²) in [6, 6.07) is 0. The van der Waals surface area contributed by atoms with Crippen molar-refractivity contribution in [3.05, 3.63) is 13.9 Å². The van der Waals surface area contributed by atoms with Crippen molar-refractivity contribution >= 4 is 49.4 Å². The Balaban J connectivity index is -0.000000152. The largest absolute Gasteiger partial charge is 3.00 e. The Morgan fingerprint density at radius 3 is 0.321 bits per heavy atom. The second-order valence-electron chi connectivity index (χ2n) is 13.4. The Kier molecular flexibility index (Phi) is 18.7. The second kappa shape index (κ2) is 13.9. The van der Waals surface area contributed by atoms with Crippen LogP contribution in [0.3, 0.4) is 0 Å². The molecular formula is C18H54N3Si6Tb. The molecule has 0 amide bonds. The minimum Gasteiger partial charge on any atom is -0.668 e. The van der Waals surface area contributed by atoms with Gasteiger partial charge in [-0.05, 0) is 0 Å². The Morgan fingerprint density at radius 2 is 0.321 bits per heavy atom. The van der Waals surface area contributed by atoms with E-state index >= 15 is 0 Å². The van der Waals surface area contributed by atoms with Gasteiger partial charge in [-0.15, -0.1) is 0 Å².